The molecule has 3 aromatic rings. The molecule has 0 atom stereocenters. The number of fused-ring (bicyclic) bond motifs is 1. The molecular formula is C25H22F6O3S. The molecule has 0 bridgehead atoms. The third-order valence-corrected chi connectivity index (χ3v) is 7.62. The first kappa shape index (κ1) is 25.3. The smallest absolute Gasteiger partial charge is 0.373 e. The third-order valence-electron chi connectivity index (χ3n) is 6.65. The summed E-state index contributed by atoms with van der Waals surface area (Å²) in [6, 6.07) is 8.51. The van der Waals surface area contributed by atoms with Gasteiger partial charge >= 0.3 is 15.6 Å². The molecule has 1 saturated carbocycles. The van der Waals surface area contributed by atoms with Crippen LogP contribution in [-0.4, -0.2) is 13.9 Å². The molecule has 35 heavy (non-hydrogen) atoms. The van der Waals surface area contributed by atoms with Gasteiger partial charge in [-0.1, -0.05) is 31.5 Å². The highest BCUT2D eigenvalue weighted by molar-refractivity contribution is 7.88. The first-order valence-electron chi connectivity index (χ1n) is 11.1. The second kappa shape index (κ2) is 9.37. The van der Waals surface area contributed by atoms with Crippen molar-refractivity contribution in [3.05, 3.63) is 65.5 Å². The predicted molar refractivity (Wildman–Crippen MR) is 120 cm³/mol. The summed E-state index contributed by atoms with van der Waals surface area (Å²) in [4.78, 5) is 0. The van der Waals surface area contributed by atoms with Crippen LogP contribution >= 0.6 is 0 Å². The Morgan fingerprint density at radius 2 is 1.60 bits per heavy atom. The Morgan fingerprint density at radius 1 is 0.914 bits per heavy atom. The second-order valence-electron chi connectivity index (χ2n) is 8.78. The van der Waals surface area contributed by atoms with E-state index in [1.807, 2.05) is 0 Å². The van der Waals surface area contributed by atoms with Gasteiger partial charge in [0, 0.05) is 5.56 Å². The Kier molecular flexibility index (Phi) is 6.78. The van der Waals surface area contributed by atoms with Crippen LogP contribution in [0, 0.1) is 23.4 Å². The molecule has 188 valence electrons. The first-order chi connectivity index (χ1) is 16.4. The van der Waals surface area contributed by atoms with Gasteiger partial charge in [-0.25, -0.2) is 13.2 Å². The van der Waals surface area contributed by atoms with Crippen LogP contribution in [0.4, 0.5) is 26.3 Å². The lowest BCUT2D eigenvalue weighted by atomic mass is 9.77. The van der Waals surface area contributed by atoms with Crippen LogP contribution in [0.3, 0.4) is 0 Å². The lowest BCUT2D eigenvalue weighted by molar-refractivity contribution is -0.0500. The van der Waals surface area contributed by atoms with E-state index in [1.54, 1.807) is 6.07 Å². The van der Waals surface area contributed by atoms with Gasteiger partial charge in [-0.3, -0.25) is 0 Å². The van der Waals surface area contributed by atoms with Crippen LogP contribution in [0.1, 0.15) is 50.5 Å². The molecule has 0 N–H and O–H groups in total. The predicted octanol–water partition coefficient (Wildman–Crippen LogP) is 7.84. The molecule has 1 aliphatic rings. The maximum Gasteiger partial charge on any atom is 0.534 e. The fourth-order valence-electron chi connectivity index (χ4n) is 4.66. The SMILES string of the molecule is CCC1CCC(c2ccc(-c3cc(F)c4c(F)c(OS(=O)(=O)C(F)(F)F)ccc4c3)c(F)c2)CC1. The molecule has 0 heterocycles. The minimum Gasteiger partial charge on any atom is -0.373 e. The normalized spacial score (nSPS) is 19.2. The van der Waals surface area contributed by atoms with Gasteiger partial charge in [0.25, 0.3) is 0 Å². The van der Waals surface area contributed by atoms with Crippen LogP contribution in [0.25, 0.3) is 21.9 Å². The van der Waals surface area contributed by atoms with E-state index < -0.39 is 44.2 Å². The second-order valence-corrected chi connectivity index (χ2v) is 10.3. The van der Waals surface area contributed by atoms with Gasteiger partial charge in [-0.15, -0.1) is 0 Å². The van der Waals surface area contributed by atoms with Crippen LogP contribution in [-0.2, 0) is 10.1 Å². The van der Waals surface area contributed by atoms with E-state index in [2.05, 4.69) is 11.1 Å². The minimum atomic E-state index is -6.14. The molecule has 1 fully saturated rings. The van der Waals surface area contributed by atoms with Crippen LogP contribution in [0.5, 0.6) is 5.75 Å². The van der Waals surface area contributed by atoms with E-state index in [9.17, 15) is 30.4 Å². The zero-order valence-corrected chi connectivity index (χ0v) is 19.4. The number of rotatable bonds is 5. The van der Waals surface area contributed by atoms with Gasteiger partial charge in [0.1, 0.15) is 11.6 Å². The summed E-state index contributed by atoms with van der Waals surface area (Å²) in [6.45, 7) is 2.16. The third kappa shape index (κ3) is 4.98. The average molecular weight is 517 g/mol. The lowest BCUT2D eigenvalue weighted by Gasteiger charge is -2.28. The Hall–Kier alpha value is -2.75. The average Bonchev–Trinajstić information content (AvgIpc) is 2.79. The quantitative estimate of drug-likeness (QED) is 0.197. The summed E-state index contributed by atoms with van der Waals surface area (Å²) in [5, 5.41) is -0.871. The summed E-state index contributed by atoms with van der Waals surface area (Å²) >= 11 is 0. The van der Waals surface area contributed by atoms with E-state index >= 15 is 4.39 Å². The van der Waals surface area contributed by atoms with Crippen molar-refractivity contribution in [2.45, 2.75) is 50.5 Å². The van der Waals surface area contributed by atoms with Gasteiger partial charge < -0.3 is 4.18 Å². The van der Waals surface area contributed by atoms with Crippen molar-refractivity contribution in [2.75, 3.05) is 0 Å². The van der Waals surface area contributed by atoms with E-state index in [4.69, 9.17) is 0 Å². The zero-order valence-electron chi connectivity index (χ0n) is 18.6. The molecule has 1 aliphatic carbocycles. The molecule has 3 aromatic carbocycles. The zero-order chi connectivity index (χ0) is 25.5. The Labute approximate surface area is 198 Å². The van der Waals surface area contributed by atoms with Crippen molar-refractivity contribution in [2.24, 2.45) is 5.92 Å². The fraction of sp³-hybridized carbons (Fsp3) is 0.360. The van der Waals surface area contributed by atoms with Crippen molar-refractivity contribution < 1.29 is 38.9 Å². The first-order valence-corrected chi connectivity index (χ1v) is 12.5. The van der Waals surface area contributed by atoms with Crippen LogP contribution in [0.2, 0.25) is 0 Å². The van der Waals surface area contributed by atoms with E-state index in [-0.39, 0.29) is 22.4 Å². The van der Waals surface area contributed by atoms with Crippen molar-refractivity contribution >= 4 is 20.9 Å². The van der Waals surface area contributed by atoms with Gasteiger partial charge in [-0.05, 0) is 78.3 Å². The minimum absolute atomic E-state index is 0.0807. The van der Waals surface area contributed by atoms with Gasteiger partial charge in [0.2, 0.25) is 0 Å². The Morgan fingerprint density at radius 3 is 2.20 bits per heavy atom. The van der Waals surface area contributed by atoms with E-state index in [1.165, 1.54) is 18.2 Å². The highest BCUT2D eigenvalue weighted by Crippen LogP contribution is 2.39. The molecule has 0 saturated heterocycles. The summed E-state index contributed by atoms with van der Waals surface area (Å²) < 4.78 is 108. The molecular weight excluding hydrogens is 494 g/mol. The number of alkyl halides is 3. The summed E-state index contributed by atoms with van der Waals surface area (Å²) in [6.07, 6.45) is 5.23. The number of hydrogen-bond acceptors (Lipinski definition) is 3. The summed E-state index contributed by atoms with van der Waals surface area (Å²) in [5.74, 6) is -3.75. The van der Waals surface area contributed by atoms with Crippen LogP contribution < -0.4 is 4.18 Å². The van der Waals surface area contributed by atoms with Crippen molar-refractivity contribution in [3.8, 4) is 16.9 Å². The highest BCUT2D eigenvalue weighted by atomic mass is 32.2. The topological polar surface area (TPSA) is 43.4 Å². The maximum atomic E-state index is 15.0. The molecule has 0 amide bonds. The van der Waals surface area contributed by atoms with Gasteiger partial charge in [-0.2, -0.15) is 21.6 Å². The van der Waals surface area contributed by atoms with E-state index in [0.29, 0.717) is 12.0 Å². The Bertz CT molecular complexity index is 1360. The largest absolute Gasteiger partial charge is 0.534 e. The van der Waals surface area contributed by atoms with Crippen molar-refractivity contribution in [3.63, 3.8) is 0 Å². The molecule has 0 aliphatic heterocycles. The van der Waals surface area contributed by atoms with Gasteiger partial charge in [0.15, 0.2) is 11.6 Å². The van der Waals surface area contributed by atoms with Crippen molar-refractivity contribution in [1.82, 2.24) is 0 Å². The number of hydrogen-bond donors (Lipinski definition) is 0. The summed E-state index contributed by atoms with van der Waals surface area (Å²) in [5.41, 5.74) is -4.74. The summed E-state index contributed by atoms with van der Waals surface area (Å²) in [7, 11) is -6.14. The Balaban J connectivity index is 1.66. The molecule has 0 radical (unpaired) electrons. The van der Waals surface area contributed by atoms with Gasteiger partial charge in [0.05, 0.1) is 5.39 Å². The number of benzene rings is 3. The molecule has 0 aromatic heterocycles. The van der Waals surface area contributed by atoms with E-state index in [0.717, 1.165) is 49.8 Å². The molecule has 4 rings (SSSR count). The molecule has 0 unspecified atom stereocenters. The van der Waals surface area contributed by atoms with Crippen molar-refractivity contribution in [1.29, 1.82) is 0 Å². The standard InChI is InChI=1S/C25H22F6O3S/c1-2-14-3-5-15(6-4-14)16-7-9-19(20(26)12-16)18-11-17-8-10-22(24(28)23(17)21(27)13-18)34-35(32,33)25(29,30)31/h7-15H,2-6H2,1H3. The fourth-order valence-corrected chi connectivity index (χ4v) is 5.12. The lowest BCUT2D eigenvalue weighted by Crippen LogP contribution is -2.28. The van der Waals surface area contributed by atoms with Crippen LogP contribution in [0.15, 0.2) is 42.5 Å². The molecule has 0 spiro atoms. The maximum absolute atomic E-state index is 15.0. The highest BCUT2D eigenvalue weighted by Gasteiger charge is 2.49. The molecule has 10 heteroatoms. The molecule has 3 nitrogen and oxygen atoms in total. The number of halogens is 6. The monoisotopic (exact) mass is 516 g/mol.